The lowest BCUT2D eigenvalue weighted by Crippen LogP contribution is -1.95. The van der Waals surface area contributed by atoms with Crippen LogP contribution in [-0.2, 0) is 33.1 Å². The van der Waals surface area contributed by atoms with Crippen molar-refractivity contribution in [3.05, 3.63) is 0 Å². The van der Waals surface area contributed by atoms with E-state index in [2.05, 4.69) is 0 Å². The van der Waals surface area contributed by atoms with Crippen LogP contribution in [0, 0.1) is 0 Å². The van der Waals surface area contributed by atoms with Gasteiger partial charge < -0.3 is 26.4 Å². The molecule has 0 heterocycles. The second-order valence-corrected chi connectivity index (χ2v) is 6.64. The van der Waals surface area contributed by atoms with E-state index in [-0.39, 0.29) is 6.61 Å². The summed E-state index contributed by atoms with van der Waals surface area (Å²) in [5, 5.41) is 8.36. The Hall–Kier alpha value is 0.880. The third-order valence-electron chi connectivity index (χ3n) is 0.775. The van der Waals surface area contributed by atoms with Crippen LogP contribution in [0.1, 0.15) is 6.42 Å². The summed E-state index contributed by atoms with van der Waals surface area (Å²) in [5.41, 5.74) is -2.40. The van der Waals surface area contributed by atoms with Crippen LogP contribution >= 0.6 is 5.69 Å². The average molecular weight is 201 g/mol. The first-order chi connectivity index (χ1) is 4.62. The highest BCUT2D eigenvalue weighted by atomic mass is 32.9. The fourth-order valence-electron chi connectivity index (χ4n) is 0.294. The second-order valence-electron chi connectivity index (χ2n) is 1.54. The van der Waals surface area contributed by atoms with Crippen LogP contribution in [-0.4, -0.2) is 25.4 Å². The molecule has 1 N–H and O–H groups in total. The molecule has 6 heteroatoms. The van der Waals surface area contributed by atoms with Crippen LogP contribution in [0.15, 0.2) is 0 Å². The lowest BCUT2D eigenvalue weighted by molar-refractivity contribution is 0.230. The van der Waals surface area contributed by atoms with Gasteiger partial charge in [-0.05, 0) is 6.42 Å². The van der Waals surface area contributed by atoms with Crippen molar-refractivity contribution in [2.24, 2.45) is 0 Å². The molecule has 0 amide bonds. The Bertz CT molecular complexity index is 130. The normalized spacial score (nSPS) is 16.7. The molecular weight excluding hydrogens is 191 g/mol. The Balaban J connectivity index is 3.38. The molecule has 10 heavy (non-hydrogen) atoms. The fraction of sp³-hybridized carbons (Fsp3) is 1.00. The van der Waals surface area contributed by atoms with Gasteiger partial charge in [0.15, 0.2) is 0 Å². The zero-order valence-electron chi connectivity index (χ0n) is 5.65. The van der Waals surface area contributed by atoms with E-state index in [4.69, 9.17) is 38.2 Å². The van der Waals surface area contributed by atoms with Crippen LogP contribution < -0.4 is 0 Å². The maximum absolute atomic E-state index is 8.36. The molecule has 0 spiro atoms. The van der Waals surface area contributed by atoms with Gasteiger partial charge in [-0.1, -0.05) is 11.8 Å². The molecule has 0 saturated carbocycles. The van der Waals surface area contributed by atoms with Crippen molar-refractivity contribution in [2.75, 3.05) is 20.3 Å². The quantitative estimate of drug-likeness (QED) is 0.405. The van der Waals surface area contributed by atoms with E-state index >= 15 is 0 Å². The van der Waals surface area contributed by atoms with Gasteiger partial charge in [0, 0.05) is 13.7 Å². The Kier molecular flexibility index (Phi) is 6.01. The molecule has 0 aliphatic carbocycles. The molecule has 0 fully saturated rings. The third-order valence-corrected chi connectivity index (χ3v) is 3.25. The Morgan fingerprint density at radius 2 is 2.30 bits per heavy atom. The lowest BCUT2D eigenvalue weighted by Gasteiger charge is -2.25. The zero-order valence-corrected chi connectivity index (χ0v) is 8.18. The first-order valence-electron chi connectivity index (χ1n) is 2.74. The summed E-state index contributed by atoms with van der Waals surface area (Å²) in [7, 11) is 1.44. The molecule has 3 nitrogen and oxygen atoms in total. The van der Waals surface area contributed by atoms with Gasteiger partial charge in [-0.25, -0.2) is 0 Å². The molecule has 0 bridgehead atoms. The maximum Gasteiger partial charge on any atom is 0.0559 e. The van der Waals surface area contributed by atoms with Crippen LogP contribution in [0.5, 0.6) is 0 Å². The Morgan fingerprint density at radius 1 is 1.70 bits per heavy atom. The van der Waals surface area contributed by atoms with E-state index in [1.165, 1.54) is 7.11 Å². The molecule has 0 saturated heterocycles. The number of hydrogen-bond donors (Lipinski definition) is 1. The number of aliphatic hydroxyl groups excluding tert-OH is 1. The van der Waals surface area contributed by atoms with Crippen molar-refractivity contribution in [2.45, 2.75) is 6.42 Å². The Morgan fingerprint density at radius 3 is 2.70 bits per heavy atom. The topological polar surface area (TPSA) is 38.7 Å². The molecule has 0 aromatic rings. The summed E-state index contributed by atoms with van der Waals surface area (Å²) in [4.78, 5) is 0. The fourth-order valence-corrected chi connectivity index (χ4v) is 1.20. The van der Waals surface area contributed by atoms with Crippen molar-refractivity contribution in [3.8, 4) is 0 Å². The number of aliphatic hydroxyl groups is 1. The van der Waals surface area contributed by atoms with Crippen molar-refractivity contribution < 1.29 is 14.2 Å². The van der Waals surface area contributed by atoms with Gasteiger partial charge in [0.1, 0.15) is 0 Å². The summed E-state index contributed by atoms with van der Waals surface area (Å²) < 4.78 is 9.70. The van der Waals surface area contributed by atoms with E-state index in [0.29, 0.717) is 13.0 Å². The molecule has 0 radical (unpaired) electrons. The molecule has 0 rings (SSSR count). The second kappa shape index (κ2) is 5.52. The van der Waals surface area contributed by atoms with Crippen LogP contribution in [0.3, 0.4) is 0 Å². The van der Waals surface area contributed by atoms with Crippen molar-refractivity contribution in [1.29, 1.82) is 0 Å². The van der Waals surface area contributed by atoms with Crippen LogP contribution in [0.4, 0.5) is 0 Å². The minimum absolute atomic E-state index is 0.0916. The predicted octanol–water partition coefficient (Wildman–Crippen LogP) is 0.803. The minimum Gasteiger partial charge on any atom is -0.691 e. The first-order valence-corrected chi connectivity index (χ1v) is 6.39. The standard InChI is InChI=1S/C4H11O3PS2/c1-6-8(9,10)7-4-2-3-5/h5H,2-4H2,1H3,(H,9,10)/p-1. The van der Waals surface area contributed by atoms with Gasteiger partial charge in [-0.2, -0.15) is 0 Å². The highest BCUT2D eigenvalue weighted by Gasteiger charge is 1.96. The average Bonchev–Trinajstić information content (AvgIpc) is 1.89. The van der Waals surface area contributed by atoms with Gasteiger partial charge in [0.25, 0.3) is 0 Å². The molecule has 0 aromatic heterocycles. The Labute approximate surface area is 71.1 Å². The summed E-state index contributed by atoms with van der Waals surface area (Å²) in [6.07, 6.45) is 0.554. The summed E-state index contributed by atoms with van der Waals surface area (Å²) >= 11 is 9.52. The molecule has 1 atom stereocenters. The van der Waals surface area contributed by atoms with Crippen molar-refractivity contribution in [3.63, 3.8) is 0 Å². The van der Waals surface area contributed by atoms with Crippen molar-refractivity contribution in [1.82, 2.24) is 0 Å². The lowest BCUT2D eigenvalue weighted by atomic mass is 10.5. The van der Waals surface area contributed by atoms with Gasteiger partial charge in [-0.15, -0.1) is 0 Å². The van der Waals surface area contributed by atoms with E-state index in [0.717, 1.165) is 0 Å². The smallest absolute Gasteiger partial charge is 0.0559 e. The van der Waals surface area contributed by atoms with Crippen LogP contribution in [0.2, 0.25) is 0 Å². The molecule has 1 unspecified atom stereocenters. The SMILES string of the molecule is COP(=S)([S-])OCCCO. The van der Waals surface area contributed by atoms with Gasteiger partial charge in [-0.3, -0.25) is 0 Å². The molecule has 0 aliphatic heterocycles. The van der Waals surface area contributed by atoms with Gasteiger partial charge in [0.05, 0.1) is 12.3 Å². The van der Waals surface area contributed by atoms with E-state index in [1.54, 1.807) is 0 Å². The van der Waals surface area contributed by atoms with E-state index in [1.807, 2.05) is 0 Å². The van der Waals surface area contributed by atoms with Crippen molar-refractivity contribution >= 4 is 29.7 Å². The summed E-state index contributed by atoms with van der Waals surface area (Å²) in [6, 6.07) is 0. The molecule has 0 aliphatic rings. The van der Waals surface area contributed by atoms with E-state index < -0.39 is 5.69 Å². The predicted molar refractivity (Wildman–Crippen MR) is 46.3 cm³/mol. The molecular formula is C4H10O3PS2-. The third kappa shape index (κ3) is 5.65. The summed E-state index contributed by atoms with van der Waals surface area (Å²) in [5.74, 6) is 0. The summed E-state index contributed by atoms with van der Waals surface area (Å²) in [6.45, 7) is 0.472. The van der Waals surface area contributed by atoms with Gasteiger partial charge >= 0.3 is 0 Å². The highest BCUT2D eigenvalue weighted by Crippen LogP contribution is 2.44. The zero-order chi connectivity index (χ0) is 8.04. The minimum atomic E-state index is -2.40. The molecule has 0 aromatic carbocycles. The highest BCUT2D eigenvalue weighted by molar-refractivity contribution is 8.51. The number of rotatable bonds is 5. The number of hydrogen-bond acceptors (Lipinski definition) is 5. The van der Waals surface area contributed by atoms with Crippen LogP contribution in [0.25, 0.3) is 0 Å². The monoisotopic (exact) mass is 201 g/mol. The van der Waals surface area contributed by atoms with Gasteiger partial charge in [0.2, 0.25) is 0 Å². The largest absolute Gasteiger partial charge is 0.691 e. The molecule has 62 valence electrons. The first kappa shape index (κ1) is 10.9. The maximum atomic E-state index is 8.36. The van der Waals surface area contributed by atoms with E-state index in [9.17, 15) is 0 Å².